The molecule has 0 aliphatic carbocycles. The molecule has 0 spiro atoms. The molecule has 3 rings (SSSR count). The SMILES string of the molecule is COc1ccccc1/C=C(/CCCC(=O)O)c1nc2ccccc2s1. The minimum absolute atomic E-state index is 0.147. The molecule has 0 radical (unpaired) electrons. The maximum absolute atomic E-state index is 10.9. The summed E-state index contributed by atoms with van der Waals surface area (Å²) in [6, 6.07) is 15.8. The zero-order valence-electron chi connectivity index (χ0n) is 13.9. The van der Waals surface area contributed by atoms with E-state index in [9.17, 15) is 4.79 Å². The molecule has 0 aliphatic rings. The third kappa shape index (κ3) is 4.25. The van der Waals surface area contributed by atoms with Gasteiger partial charge in [0, 0.05) is 12.0 Å². The molecule has 1 N–H and O–H groups in total. The molecule has 3 aromatic rings. The van der Waals surface area contributed by atoms with E-state index in [0.29, 0.717) is 12.8 Å². The summed E-state index contributed by atoms with van der Waals surface area (Å²) in [7, 11) is 1.65. The number of carboxylic acids is 1. The van der Waals surface area contributed by atoms with Crippen molar-refractivity contribution in [3.05, 3.63) is 59.1 Å². The molecule has 0 saturated carbocycles. The Kier molecular flexibility index (Phi) is 5.46. The van der Waals surface area contributed by atoms with E-state index in [1.807, 2.05) is 42.5 Å². The second-order valence-corrected chi connectivity index (χ2v) is 6.68. The number of fused-ring (bicyclic) bond motifs is 1. The first-order valence-corrected chi connectivity index (χ1v) is 8.90. The third-order valence-electron chi connectivity index (χ3n) is 3.87. The number of aromatic nitrogens is 1. The molecule has 4 nitrogen and oxygen atoms in total. The fourth-order valence-electron chi connectivity index (χ4n) is 2.65. The smallest absolute Gasteiger partial charge is 0.303 e. The minimum Gasteiger partial charge on any atom is -0.496 e. The lowest BCUT2D eigenvalue weighted by molar-refractivity contribution is -0.137. The van der Waals surface area contributed by atoms with Crippen molar-refractivity contribution in [1.29, 1.82) is 0 Å². The van der Waals surface area contributed by atoms with Gasteiger partial charge >= 0.3 is 5.97 Å². The van der Waals surface area contributed by atoms with Crippen LogP contribution in [0.1, 0.15) is 29.8 Å². The predicted molar refractivity (Wildman–Crippen MR) is 102 cm³/mol. The standard InChI is InChI=1S/C20H19NO3S/c1-24-17-10-4-2-7-14(17)13-15(8-6-12-19(22)23)20-21-16-9-3-5-11-18(16)25-20/h2-5,7,9-11,13H,6,8,12H2,1H3,(H,22,23)/b15-13-. The van der Waals surface area contributed by atoms with Crippen LogP contribution in [0.3, 0.4) is 0 Å². The summed E-state index contributed by atoms with van der Waals surface area (Å²) < 4.78 is 6.55. The number of ether oxygens (including phenoxy) is 1. The van der Waals surface area contributed by atoms with Gasteiger partial charge in [-0.2, -0.15) is 0 Å². The fraction of sp³-hybridized carbons (Fsp3) is 0.200. The van der Waals surface area contributed by atoms with Crippen molar-refractivity contribution < 1.29 is 14.6 Å². The molecule has 1 heterocycles. The van der Waals surface area contributed by atoms with Crippen molar-refractivity contribution >= 4 is 39.2 Å². The lowest BCUT2D eigenvalue weighted by Crippen LogP contribution is -1.95. The highest BCUT2D eigenvalue weighted by atomic mass is 32.1. The number of rotatable bonds is 7. The number of carbonyl (C=O) groups is 1. The van der Waals surface area contributed by atoms with Crippen LogP contribution in [-0.2, 0) is 4.79 Å². The lowest BCUT2D eigenvalue weighted by Gasteiger charge is -2.07. The second-order valence-electron chi connectivity index (χ2n) is 5.65. The van der Waals surface area contributed by atoms with Gasteiger partial charge in [0.05, 0.1) is 17.3 Å². The first-order valence-electron chi connectivity index (χ1n) is 8.08. The van der Waals surface area contributed by atoms with Crippen molar-refractivity contribution in [1.82, 2.24) is 4.98 Å². The molecular formula is C20H19NO3S. The van der Waals surface area contributed by atoms with Gasteiger partial charge in [-0.25, -0.2) is 4.98 Å². The third-order valence-corrected chi connectivity index (χ3v) is 4.99. The van der Waals surface area contributed by atoms with E-state index in [4.69, 9.17) is 14.8 Å². The lowest BCUT2D eigenvalue weighted by atomic mass is 10.0. The van der Waals surface area contributed by atoms with Crippen LogP contribution in [0.2, 0.25) is 0 Å². The molecule has 0 saturated heterocycles. The Morgan fingerprint density at radius 3 is 2.68 bits per heavy atom. The van der Waals surface area contributed by atoms with Crippen molar-refractivity contribution in [3.63, 3.8) is 0 Å². The number of nitrogens with zero attached hydrogens (tertiary/aromatic N) is 1. The van der Waals surface area contributed by atoms with Crippen molar-refractivity contribution in [2.45, 2.75) is 19.3 Å². The van der Waals surface area contributed by atoms with Gasteiger partial charge in [-0.05, 0) is 42.7 Å². The van der Waals surface area contributed by atoms with Crippen LogP contribution < -0.4 is 4.74 Å². The number of thiazole rings is 1. The number of hydrogen-bond acceptors (Lipinski definition) is 4. The summed E-state index contributed by atoms with van der Waals surface area (Å²) in [4.78, 5) is 15.6. The van der Waals surface area contributed by atoms with Crippen molar-refractivity contribution in [2.24, 2.45) is 0 Å². The van der Waals surface area contributed by atoms with Crippen molar-refractivity contribution in [3.8, 4) is 5.75 Å². The molecule has 5 heteroatoms. The minimum atomic E-state index is -0.777. The Morgan fingerprint density at radius 1 is 1.16 bits per heavy atom. The van der Waals surface area contributed by atoms with E-state index in [1.54, 1.807) is 18.4 Å². The van der Waals surface area contributed by atoms with Gasteiger partial charge in [-0.15, -0.1) is 11.3 Å². The highest BCUT2D eigenvalue weighted by Crippen LogP contribution is 2.32. The number of methoxy groups -OCH3 is 1. The molecule has 0 aliphatic heterocycles. The molecule has 0 unspecified atom stereocenters. The maximum Gasteiger partial charge on any atom is 0.303 e. The molecule has 128 valence electrons. The van der Waals surface area contributed by atoms with Gasteiger partial charge in [0.25, 0.3) is 0 Å². The van der Waals surface area contributed by atoms with Gasteiger partial charge in [-0.1, -0.05) is 30.3 Å². The molecule has 0 amide bonds. The van der Waals surface area contributed by atoms with E-state index in [-0.39, 0.29) is 6.42 Å². The average Bonchev–Trinajstić information content (AvgIpc) is 3.05. The number of para-hydroxylation sites is 2. The zero-order valence-corrected chi connectivity index (χ0v) is 14.8. The summed E-state index contributed by atoms with van der Waals surface area (Å²) in [6.45, 7) is 0. The largest absolute Gasteiger partial charge is 0.496 e. The van der Waals surface area contributed by atoms with Crippen LogP contribution in [0.15, 0.2) is 48.5 Å². The Balaban J connectivity index is 1.99. The molecule has 25 heavy (non-hydrogen) atoms. The second kappa shape index (κ2) is 7.94. The van der Waals surface area contributed by atoms with Gasteiger partial charge < -0.3 is 9.84 Å². The Labute approximate surface area is 150 Å². The number of hydrogen-bond donors (Lipinski definition) is 1. The van der Waals surface area contributed by atoms with E-state index < -0.39 is 5.97 Å². The van der Waals surface area contributed by atoms with Crippen LogP contribution >= 0.6 is 11.3 Å². The number of allylic oxidation sites excluding steroid dienone is 1. The normalized spacial score (nSPS) is 11.6. The Bertz CT molecular complexity index is 881. The van der Waals surface area contributed by atoms with Crippen LogP contribution in [-0.4, -0.2) is 23.2 Å². The molecule has 0 bridgehead atoms. The number of carboxylic acid groups (broad SMARTS) is 1. The van der Waals surface area contributed by atoms with Gasteiger partial charge in [0.15, 0.2) is 0 Å². The molecular weight excluding hydrogens is 334 g/mol. The average molecular weight is 353 g/mol. The maximum atomic E-state index is 10.9. The molecule has 0 atom stereocenters. The highest BCUT2D eigenvalue weighted by molar-refractivity contribution is 7.19. The number of benzene rings is 2. The Hall–Kier alpha value is -2.66. The van der Waals surface area contributed by atoms with Crippen LogP contribution in [0.4, 0.5) is 0 Å². The topological polar surface area (TPSA) is 59.4 Å². The summed E-state index contributed by atoms with van der Waals surface area (Å²) in [6.07, 6.45) is 3.43. The van der Waals surface area contributed by atoms with Gasteiger partial charge in [-0.3, -0.25) is 4.79 Å². The van der Waals surface area contributed by atoms with Gasteiger partial charge in [0.1, 0.15) is 10.8 Å². The summed E-state index contributed by atoms with van der Waals surface area (Å²) in [5, 5.41) is 9.86. The molecule has 0 fully saturated rings. The molecule has 2 aromatic carbocycles. The van der Waals surface area contributed by atoms with Crippen LogP contribution in [0.5, 0.6) is 5.75 Å². The van der Waals surface area contributed by atoms with E-state index in [2.05, 4.69) is 12.1 Å². The van der Waals surface area contributed by atoms with Crippen molar-refractivity contribution in [2.75, 3.05) is 7.11 Å². The highest BCUT2D eigenvalue weighted by Gasteiger charge is 2.11. The van der Waals surface area contributed by atoms with Crippen LogP contribution in [0, 0.1) is 0 Å². The first kappa shape index (κ1) is 17.2. The first-order chi connectivity index (χ1) is 12.2. The number of aliphatic carboxylic acids is 1. The quantitative estimate of drug-likeness (QED) is 0.642. The molecule has 1 aromatic heterocycles. The van der Waals surface area contributed by atoms with E-state index >= 15 is 0 Å². The van der Waals surface area contributed by atoms with E-state index in [0.717, 1.165) is 32.1 Å². The zero-order chi connectivity index (χ0) is 17.6. The van der Waals surface area contributed by atoms with Crippen LogP contribution in [0.25, 0.3) is 21.9 Å². The summed E-state index contributed by atoms with van der Waals surface area (Å²) >= 11 is 1.63. The van der Waals surface area contributed by atoms with E-state index in [1.165, 1.54) is 0 Å². The monoisotopic (exact) mass is 353 g/mol. The summed E-state index contributed by atoms with van der Waals surface area (Å²) in [5.41, 5.74) is 2.97. The fourth-order valence-corrected chi connectivity index (χ4v) is 3.66. The predicted octanol–water partition coefficient (Wildman–Crippen LogP) is 5.10. The Morgan fingerprint density at radius 2 is 1.92 bits per heavy atom. The van der Waals surface area contributed by atoms with Gasteiger partial charge in [0.2, 0.25) is 0 Å². The summed E-state index contributed by atoms with van der Waals surface area (Å²) in [5.74, 6) is 0.0142.